The molecule has 2 atom stereocenters. The first-order chi connectivity index (χ1) is 13.2. The zero-order chi connectivity index (χ0) is 20.4. The summed E-state index contributed by atoms with van der Waals surface area (Å²) >= 11 is 0. The van der Waals surface area contributed by atoms with Crippen molar-refractivity contribution in [1.82, 2.24) is 5.32 Å². The van der Waals surface area contributed by atoms with Crippen molar-refractivity contribution in [2.75, 3.05) is 25.2 Å². The Balaban J connectivity index is 1.72. The van der Waals surface area contributed by atoms with Gasteiger partial charge in [0, 0.05) is 6.04 Å². The molecule has 2 aromatic carbocycles. The van der Waals surface area contributed by atoms with Gasteiger partial charge in [-0.25, -0.2) is 16.8 Å². The second kappa shape index (κ2) is 8.23. The fourth-order valence-corrected chi connectivity index (χ4v) is 8.13. The van der Waals surface area contributed by atoms with Crippen molar-refractivity contribution in [2.24, 2.45) is 0 Å². The molecule has 3 rings (SSSR count). The minimum Gasteiger partial charge on any atom is -0.497 e. The van der Waals surface area contributed by atoms with Crippen molar-refractivity contribution in [1.29, 1.82) is 0 Å². The van der Waals surface area contributed by atoms with E-state index in [4.69, 9.17) is 4.74 Å². The van der Waals surface area contributed by atoms with Crippen molar-refractivity contribution in [3.05, 3.63) is 59.7 Å². The molecule has 0 amide bonds. The van der Waals surface area contributed by atoms with Crippen LogP contribution >= 0.6 is 0 Å². The van der Waals surface area contributed by atoms with Crippen LogP contribution in [0.5, 0.6) is 5.75 Å². The first-order valence-corrected chi connectivity index (χ1v) is 12.5. The van der Waals surface area contributed by atoms with E-state index in [1.807, 2.05) is 31.2 Å². The summed E-state index contributed by atoms with van der Waals surface area (Å²) in [6.07, 6.45) is 0.665. The molecule has 1 N–H and O–H groups in total. The molecule has 6 nitrogen and oxygen atoms in total. The zero-order valence-electron chi connectivity index (χ0n) is 16.0. The van der Waals surface area contributed by atoms with E-state index in [0.717, 1.165) is 16.9 Å². The van der Waals surface area contributed by atoms with E-state index >= 15 is 0 Å². The highest BCUT2D eigenvalue weighted by Gasteiger charge is 2.45. The quantitative estimate of drug-likeness (QED) is 0.730. The van der Waals surface area contributed by atoms with Crippen LogP contribution in [0, 0.1) is 6.92 Å². The van der Waals surface area contributed by atoms with Crippen LogP contribution in [-0.4, -0.2) is 53.3 Å². The summed E-state index contributed by atoms with van der Waals surface area (Å²) in [4.78, 5) is 0.169. The Hall–Kier alpha value is -1.90. The molecule has 0 spiro atoms. The zero-order valence-corrected chi connectivity index (χ0v) is 17.6. The second-order valence-corrected chi connectivity index (χ2v) is 11.5. The summed E-state index contributed by atoms with van der Waals surface area (Å²) in [5.41, 5.74) is 2.01. The smallest absolute Gasteiger partial charge is 0.183 e. The van der Waals surface area contributed by atoms with E-state index in [1.54, 1.807) is 31.4 Å². The highest BCUT2D eigenvalue weighted by molar-refractivity contribution is 7.96. The molecular weight excluding hydrogens is 398 g/mol. The van der Waals surface area contributed by atoms with E-state index in [1.165, 1.54) is 0 Å². The van der Waals surface area contributed by atoms with Gasteiger partial charge < -0.3 is 10.1 Å². The van der Waals surface area contributed by atoms with Crippen molar-refractivity contribution in [2.45, 2.75) is 29.5 Å². The van der Waals surface area contributed by atoms with Gasteiger partial charge in [-0.3, -0.25) is 0 Å². The fourth-order valence-electron chi connectivity index (χ4n) is 3.41. The molecule has 1 aliphatic heterocycles. The number of sulfone groups is 2. The van der Waals surface area contributed by atoms with Crippen LogP contribution in [0.2, 0.25) is 0 Å². The van der Waals surface area contributed by atoms with Gasteiger partial charge >= 0.3 is 0 Å². The molecule has 1 saturated heterocycles. The minimum absolute atomic E-state index is 0.161. The third-order valence-corrected chi connectivity index (χ3v) is 9.19. The monoisotopic (exact) mass is 423 g/mol. The lowest BCUT2D eigenvalue weighted by Gasteiger charge is -2.20. The number of rotatable bonds is 7. The van der Waals surface area contributed by atoms with Gasteiger partial charge in [-0.05, 0) is 49.7 Å². The Morgan fingerprint density at radius 3 is 2.29 bits per heavy atom. The average Bonchev–Trinajstić information content (AvgIpc) is 2.98. The van der Waals surface area contributed by atoms with Gasteiger partial charge in [0.15, 0.2) is 19.7 Å². The van der Waals surface area contributed by atoms with Crippen LogP contribution in [0.15, 0.2) is 53.4 Å². The van der Waals surface area contributed by atoms with Crippen LogP contribution in [0.25, 0.3) is 0 Å². The lowest BCUT2D eigenvalue weighted by molar-refractivity contribution is 0.414. The highest BCUT2D eigenvalue weighted by atomic mass is 32.2. The van der Waals surface area contributed by atoms with Crippen LogP contribution in [0.3, 0.4) is 0 Å². The van der Waals surface area contributed by atoms with Crippen LogP contribution < -0.4 is 10.1 Å². The summed E-state index contributed by atoms with van der Waals surface area (Å²) in [7, 11) is -5.54. The number of hydrogen-bond acceptors (Lipinski definition) is 6. The first kappa shape index (κ1) is 20.8. The number of ether oxygens (including phenoxy) is 1. The van der Waals surface area contributed by atoms with E-state index in [-0.39, 0.29) is 16.4 Å². The predicted molar refractivity (Wildman–Crippen MR) is 109 cm³/mol. The molecule has 0 bridgehead atoms. The SMILES string of the molecule is COc1ccc(CCN[C@@H]2CS(=O)(=O)C[C@H]2S(=O)(=O)c2ccc(C)cc2)cc1. The van der Waals surface area contributed by atoms with E-state index in [2.05, 4.69) is 5.32 Å². The third-order valence-electron chi connectivity index (χ3n) is 5.03. The average molecular weight is 424 g/mol. The van der Waals surface area contributed by atoms with E-state index < -0.39 is 31.0 Å². The van der Waals surface area contributed by atoms with Gasteiger partial charge in [-0.15, -0.1) is 0 Å². The maximum absolute atomic E-state index is 13.0. The third kappa shape index (κ3) is 4.74. The maximum atomic E-state index is 13.0. The minimum atomic E-state index is -3.74. The number of hydrogen-bond donors (Lipinski definition) is 1. The predicted octanol–water partition coefficient (Wildman–Crippen LogP) is 1.78. The van der Waals surface area contributed by atoms with Crippen molar-refractivity contribution < 1.29 is 21.6 Å². The Bertz CT molecular complexity index is 1010. The van der Waals surface area contributed by atoms with Gasteiger partial charge in [-0.2, -0.15) is 0 Å². The molecular formula is C20H25NO5S2. The van der Waals surface area contributed by atoms with E-state index in [9.17, 15) is 16.8 Å². The summed E-state index contributed by atoms with van der Waals surface area (Å²) in [6.45, 7) is 2.37. The molecule has 152 valence electrons. The molecule has 8 heteroatoms. The highest BCUT2D eigenvalue weighted by Crippen LogP contribution is 2.26. The summed E-state index contributed by atoms with van der Waals surface area (Å²) in [5, 5.41) is 2.19. The lowest BCUT2D eigenvalue weighted by Crippen LogP contribution is -2.44. The normalized spacial score (nSPS) is 21.5. The molecule has 28 heavy (non-hydrogen) atoms. The molecule has 1 heterocycles. The summed E-state index contributed by atoms with van der Waals surface area (Å²) in [6, 6.07) is 13.5. The van der Waals surface area contributed by atoms with Gasteiger partial charge in [0.2, 0.25) is 0 Å². The first-order valence-electron chi connectivity index (χ1n) is 9.08. The Labute approximate surface area is 166 Å². The second-order valence-electron chi connectivity index (χ2n) is 7.13. The standard InChI is InChI=1S/C20H25NO5S2/c1-15-3-9-18(10-4-15)28(24,25)20-14-27(22,23)13-19(20)21-12-11-16-5-7-17(26-2)8-6-16/h3-10,19-21H,11-14H2,1-2H3/t19-,20-/m1/s1. The van der Waals surface area contributed by atoms with Crippen molar-refractivity contribution in [3.8, 4) is 5.75 Å². The van der Waals surface area contributed by atoms with Crippen LogP contribution in [0.4, 0.5) is 0 Å². The number of nitrogens with one attached hydrogen (secondary N) is 1. The number of benzene rings is 2. The molecule has 1 fully saturated rings. The van der Waals surface area contributed by atoms with Gasteiger partial charge in [0.1, 0.15) is 5.75 Å². The van der Waals surface area contributed by atoms with Gasteiger partial charge in [0.05, 0.1) is 28.8 Å². The number of aryl methyl sites for hydroxylation is 1. The molecule has 0 aliphatic carbocycles. The number of methoxy groups -OCH3 is 1. The Kier molecular flexibility index (Phi) is 6.12. The fraction of sp³-hybridized carbons (Fsp3) is 0.400. The Morgan fingerprint density at radius 2 is 1.68 bits per heavy atom. The summed E-state index contributed by atoms with van der Waals surface area (Å²) < 4.78 is 55.5. The molecule has 0 aromatic heterocycles. The topological polar surface area (TPSA) is 89.5 Å². The van der Waals surface area contributed by atoms with Crippen LogP contribution in [0.1, 0.15) is 11.1 Å². The molecule has 2 aromatic rings. The van der Waals surface area contributed by atoms with E-state index in [0.29, 0.717) is 13.0 Å². The largest absolute Gasteiger partial charge is 0.497 e. The van der Waals surface area contributed by atoms with Gasteiger partial charge in [0.25, 0.3) is 0 Å². The van der Waals surface area contributed by atoms with Crippen molar-refractivity contribution >= 4 is 19.7 Å². The molecule has 1 aliphatic rings. The molecule has 0 radical (unpaired) electrons. The Morgan fingerprint density at radius 1 is 1.04 bits per heavy atom. The summed E-state index contributed by atoms with van der Waals surface area (Å²) in [5.74, 6) is 0.261. The van der Waals surface area contributed by atoms with Gasteiger partial charge in [-0.1, -0.05) is 29.8 Å². The van der Waals surface area contributed by atoms with Crippen LogP contribution in [-0.2, 0) is 26.1 Å². The molecule has 0 unspecified atom stereocenters. The lowest BCUT2D eigenvalue weighted by atomic mass is 10.1. The molecule has 0 saturated carbocycles. The van der Waals surface area contributed by atoms with Crippen molar-refractivity contribution in [3.63, 3.8) is 0 Å². The maximum Gasteiger partial charge on any atom is 0.183 e.